The van der Waals surface area contributed by atoms with Gasteiger partial charge in [0.2, 0.25) is 0 Å². The molecule has 5 nitrogen and oxygen atoms in total. The van der Waals surface area contributed by atoms with Crippen LogP contribution < -0.4 is 10.6 Å². The zero-order chi connectivity index (χ0) is 18.8. The Kier molecular flexibility index (Phi) is 7.34. The molecule has 0 spiro atoms. The molecule has 27 heavy (non-hydrogen) atoms. The quantitative estimate of drug-likeness (QED) is 0.360. The first-order chi connectivity index (χ1) is 13.3. The third-order valence-electron chi connectivity index (χ3n) is 5.08. The number of ether oxygens (including phenoxy) is 1. The highest BCUT2D eigenvalue weighted by molar-refractivity contribution is 5.79. The average Bonchev–Trinajstić information content (AvgIpc) is 3.27. The summed E-state index contributed by atoms with van der Waals surface area (Å²) in [5.74, 6) is 1.85. The Hall–Kier alpha value is -2.27. The number of aliphatic imine (C=N–C) groups is 1. The molecule has 1 saturated carbocycles. The lowest BCUT2D eigenvalue weighted by Gasteiger charge is -2.19. The van der Waals surface area contributed by atoms with Crippen molar-refractivity contribution in [1.82, 2.24) is 10.6 Å². The van der Waals surface area contributed by atoms with Gasteiger partial charge < -0.3 is 19.8 Å². The van der Waals surface area contributed by atoms with Crippen LogP contribution in [0.3, 0.4) is 0 Å². The summed E-state index contributed by atoms with van der Waals surface area (Å²) in [6.07, 6.45) is 6.21. The fourth-order valence-corrected chi connectivity index (χ4v) is 3.08. The maximum absolute atomic E-state index is 5.54. The predicted octanol–water partition coefficient (Wildman–Crippen LogP) is 3.76. The van der Waals surface area contributed by atoms with Crippen LogP contribution in [0.1, 0.15) is 37.5 Å². The van der Waals surface area contributed by atoms with E-state index < -0.39 is 0 Å². The van der Waals surface area contributed by atoms with Gasteiger partial charge in [-0.2, -0.15) is 0 Å². The molecule has 0 unspecified atom stereocenters. The van der Waals surface area contributed by atoms with Gasteiger partial charge in [0.1, 0.15) is 5.76 Å². The fraction of sp³-hybridized carbons (Fsp3) is 0.500. The van der Waals surface area contributed by atoms with Crippen LogP contribution >= 0.6 is 0 Å². The molecule has 1 aromatic heterocycles. The van der Waals surface area contributed by atoms with Crippen LogP contribution in [0.4, 0.5) is 0 Å². The minimum Gasteiger partial charge on any atom is -0.469 e. The van der Waals surface area contributed by atoms with E-state index in [1.54, 1.807) is 6.26 Å². The molecule has 0 atom stereocenters. The van der Waals surface area contributed by atoms with Gasteiger partial charge in [0.25, 0.3) is 0 Å². The minimum atomic E-state index is 0.380. The molecule has 1 aliphatic rings. The lowest BCUT2D eigenvalue weighted by molar-refractivity contribution is 0.128. The Labute approximate surface area is 162 Å². The molecule has 0 amide bonds. The first-order valence-electron chi connectivity index (χ1n) is 9.96. The molecule has 0 aliphatic heterocycles. The Bertz CT molecular complexity index is 679. The van der Waals surface area contributed by atoms with Crippen LogP contribution in [0.15, 0.2) is 58.1 Å². The van der Waals surface area contributed by atoms with Gasteiger partial charge in [-0.3, -0.25) is 0 Å². The van der Waals surface area contributed by atoms with E-state index in [4.69, 9.17) is 14.1 Å². The number of guanidine groups is 1. The maximum atomic E-state index is 5.54. The zero-order valence-corrected chi connectivity index (χ0v) is 16.2. The first-order valence-corrected chi connectivity index (χ1v) is 9.96. The van der Waals surface area contributed by atoms with Gasteiger partial charge >= 0.3 is 0 Å². The van der Waals surface area contributed by atoms with Gasteiger partial charge in [-0.15, -0.1) is 0 Å². The summed E-state index contributed by atoms with van der Waals surface area (Å²) in [6, 6.07) is 14.3. The molecule has 0 saturated heterocycles. The molecule has 0 radical (unpaired) electrons. The number of rotatable bonds is 11. The maximum Gasteiger partial charge on any atom is 0.191 e. The topological polar surface area (TPSA) is 58.8 Å². The predicted molar refractivity (Wildman–Crippen MR) is 109 cm³/mol. The smallest absolute Gasteiger partial charge is 0.191 e. The van der Waals surface area contributed by atoms with Crippen molar-refractivity contribution in [3.63, 3.8) is 0 Å². The van der Waals surface area contributed by atoms with E-state index >= 15 is 0 Å². The van der Waals surface area contributed by atoms with Gasteiger partial charge in [0.15, 0.2) is 5.96 Å². The highest BCUT2D eigenvalue weighted by Crippen LogP contribution is 2.48. The lowest BCUT2D eigenvalue weighted by atomic mass is 10.0. The molecule has 1 heterocycles. The van der Waals surface area contributed by atoms with E-state index in [2.05, 4.69) is 41.8 Å². The number of benzene rings is 1. The summed E-state index contributed by atoms with van der Waals surface area (Å²) in [4.78, 5) is 4.77. The minimum absolute atomic E-state index is 0.380. The summed E-state index contributed by atoms with van der Waals surface area (Å²) in [7, 11) is 0. The molecule has 146 valence electrons. The van der Waals surface area contributed by atoms with E-state index in [-0.39, 0.29) is 0 Å². The van der Waals surface area contributed by atoms with Gasteiger partial charge in [0.05, 0.1) is 12.8 Å². The average molecular weight is 370 g/mol. The van der Waals surface area contributed by atoms with Crippen LogP contribution in [0.25, 0.3) is 0 Å². The van der Waals surface area contributed by atoms with Crippen LogP contribution in [-0.4, -0.2) is 32.3 Å². The van der Waals surface area contributed by atoms with Gasteiger partial charge in [-0.05, 0) is 49.3 Å². The molecule has 1 aliphatic carbocycles. The molecule has 5 heteroatoms. The van der Waals surface area contributed by atoms with Crippen molar-refractivity contribution in [2.75, 3.05) is 26.3 Å². The number of hydrogen-bond donors (Lipinski definition) is 2. The Balaban J connectivity index is 1.52. The molecular formula is C22H31N3O2. The van der Waals surface area contributed by atoms with Crippen LogP contribution in [0, 0.1) is 5.41 Å². The standard InChI is InChI=1S/C22H31N3O2/c1-2-26-16-13-22(11-12-22)18-25-21(23-14-10-20-9-6-15-27-20)24-17-19-7-4-3-5-8-19/h3-9,15H,2,10-14,16-18H2,1H3,(H2,23,24,25). The second-order valence-electron chi connectivity index (χ2n) is 7.21. The molecule has 3 rings (SSSR count). The molecule has 2 N–H and O–H groups in total. The van der Waals surface area contributed by atoms with Crippen molar-refractivity contribution in [2.24, 2.45) is 10.4 Å². The van der Waals surface area contributed by atoms with E-state index in [0.29, 0.717) is 12.0 Å². The van der Waals surface area contributed by atoms with E-state index in [1.807, 2.05) is 18.2 Å². The largest absolute Gasteiger partial charge is 0.469 e. The number of nitrogens with zero attached hydrogens (tertiary/aromatic N) is 1. The fourth-order valence-electron chi connectivity index (χ4n) is 3.08. The number of hydrogen-bond acceptors (Lipinski definition) is 3. The summed E-state index contributed by atoms with van der Waals surface area (Å²) >= 11 is 0. The Morgan fingerprint density at radius 3 is 2.70 bits per heavy atom. The SMILES string of the molecule is CCOCCC1(CNC(=NCc2ccccc2)NCCc2ccco2)CC1. The van der Waals surface area contributed by atoms with Crippen molar-refractivity contribution in [3.05, 3.63) is 60.1 Å². The van der Waals surface area contributed by atoms with Crippen molar-refractivity contribution in [1.29, 1.82) is 0 Å². The van der Waals surface area contributed by atoms with Gasteiger partial charge in [-0.1, -0.05) is 30.3 Å². The van der Waals surface area contributed by atoms with Gasteiger partial charge in [-0.25, -0.2) is 4.99 Å². The van der Waals surface area contributed by atoms with E-state index in [1.165, 1.54) is 18.4 Å². The second-order valence-corrected chi connectivity index (χ2v) is 7.21. The van der Waals surface area contributed by atoms with Crippen LogP contribution in [-0.2, 0) is 17.7 Å². The zero-order valence-electron chi connectivity index (χ0n) is 16.2. The lowest BCUT2D eigenvalue weighted by Crippen LogP contribution is -2.41. The molecule has 2 aromatic rings. The third kappa shape index (κ3) is 6.75. The molecule has 1 fully saturated rings. The van der Waals surface area contributed by atoms with E-state index in [0.717, 1.165) is 50.9 Å². The van der Waals surface area contributed by atoms with Gasteiger partial charge in [0, 0.05) is 32.7 Å². The molecule has 1 aromatic carbocycles. The third-order valence-corrected chi connectivity index (χ3v) is 5.08. The molecule has 0 bridgehead atoms. The van der Waals surface area contributed by atoms with Crippen molar-refractivity contribution in [3.8, 4) is 0 Å². The highest BCUT2D eigenvalue weighted by Gasteiger charge is 2.41. The Morgan fingerprint density at radius 2 is 2.00 bits per heavy atom. The van der Waals surface area contributed by atoms with Crippen LogP contribution in [0.2, 0.25) is 0 Å². The van der Waals surface area contributed by atoms with Crippen molar-refractivity contribution < 1.29 is 9.15 Å². The normalized spacial score (nSPS) is 15.5. The number of furan rings is 1. The van der Waals surface area contributed by atoms with Crippen LogP contribution in [0.5, 0.6) is 0 Å². The van der Waals surface area contributed by atoms with Crippen molar-refractivity contribution in [2.45, 2.75) is 39.2 Å². The van der Waals surface area contributed by atoms with Crippen molar-refractivity contribution >= 4 is 5.96 Å². The van der Waals surface area contributed by atoms with E-state index in [9.17, 15) is 0 Å². The highest BCUT2D eigenvalue weighted by atomic mass is 16.5. The number of nitrogens with one attached hydrogen (secondary N) is 2. The summed E-state index contributed by atoms with van der Waals surface area (Å²) < 4.78 is 11.0. The Morgan fingerprint density at radius 1 is 1.15 bits per heavy atom. The first kappa shape index (κ1) is 19.5. The summed E-state index contributed by atoms with van der Waals surface area (Å²) in [5, 5.41) is 7.00. The molecular weight excluding hydrogens is 338 g/mol. The summed E-state index contributed by atoms with van der Waals surface area (Å²) in [6.45, 7) is 6.10. The monoisotopic (exact) mass is 369 g/mol. The second kappa shape index (κ2) is 10.2. The summed E-state index contributed by atoms with van der Waals surface area (Å²) in [5.41, 5.74) is 1.59.